The predicted octanol–water partition coefficient (Wildman–Crippen LogP) is 3.87. The van der Waals surface area contributed by atoms with Crippen LogP contribution in [0.2, 0.25) is 0 Å². The largest absolute Gasteiger partial charge is 0.465 e. The molecule has 20 heavy (non-hydrogen) atoms. The van der Waals surface area contributed by atoms with E-state index in [0.29, 0.717) is 13.2 Å². The molecule has 0 atom stereocenters. The van der Waals surface area contributed by atoms with Gasteiger partial charge in [-0.2, -0.15) is 0 Å². The highest BCUT2D eigenvalue weighted by atomic mass is 16.6. The topological polar surface area (TPSA) is 52.6 Å². The average molecular weight is 286 g/mol. The minimum Gasteiger partial charge on any atom is -0.465 e. The van der Waals surface area contributed by atoms with Crippen molar-refractivity contribution in [1.82, 2.24) is 0 Å². The van der Waals surface area contributed by atoms with Gasteiger partial charge in [0.2, 0.25) is 0 Å². The van der Waals surface area contributed by atoms with Gasteiger partial charge in [-0.15, -0.1) is 0 Å². The molecule has 0 aromatic carbocycles. The molecule has 0 heterocycles. The third kappa shape index (κ3) is 13.4. The van der Waals surface area contributed by atoms with Crippen molar-refractivity contribution in [3.8, 4) is 0 Å². The molecule has 0 aromatic rings. The first-order chi connectivity index (χ1) is 9.35. The fraction of sp³-hybridized carbons (Fsp3) is 0.875. The smallest absolute Gasteiger partial charge is 0.317 e. The Hall–Kier alpha value is -1.06. The van der Waals surface area contributed by atoms with Crippen molar-refractivity contribution in [1.29, 1.82) is 0 Å². The zero-order valence-electron chi connectivity index (χ0n) is 13.5. The Kier molecular flexibility index (Phi) is 10.1. The normalized spacial score (nSPS) is 11.2. The van der Waals surface area contributed by atoms with E-state index >= 15 is 0 Å². The summed E-state index contributed by atoms with van der Waals surface area (Å²) >= 11 is 0. The quantitative estimate of drug-likeness (QED) is 0.347. The summed E-state index contributed by atoms with van der Waals surface area (Å²) in [5.74, 6) is -0.995. The van der Waals surface area contributed by atoms with Gasteiger partial charge in [-0.3, -0.25) is 9.59 Å². The number of ether oxygens (including phenoxy) is 2. The number of unbranched alkanes of at least 4 members (excludes halogenated alkanes) is 5. The first-order valence-electron chi connectivity index (χ1n) is 7.66. The van der Waals surface area contributed by atoms with Gasteiger partial charge >= 0.3 is 11.9 Å². The fourth-order valence-electron chi connectivity index (χ4n) is 1.59. The SMILES string of the molecule is CCCCCCCCOC(=O)CC(=O)OCC(C)(C)C. The molecule has 4 heteroatoms. The van der Waals surface area contributed by atoms with E-state index in [9.17, 15) is 9.59 Å². The van der Waals surface area contributed by atoms with E-state index in [2.05, 4.69) is 6.92 Å². The zero-order valence-corrected chi connectivity index (χ0v) is 13.5. The van der Waals surface area contributed by atoms with E-state index in [1.807, 2.05) is 20.8 Å². The van der Waals surface area contributed by atoms with Crippen LogP contribution in [0.15, 0.2) is 0 Å². The van der Waals surface area contributed by atoms with Crippen molar-refractivity contribution in [2.24, 2.45) is 5.41 Å². The molecule has 0 aliphatic heterocycles. The second-order valence-corrected chi connectivity index (χ2v) is 6.39. The first-order valence-corrected chi connectivity index (χ1v) is 7.66. The van der Waals surface area contributed by atoms with Crippen molar-refractivity contribution >= 4 is 11.9 Å². The van der Waals surface area contributed by atoms with E-state index < -0.39 is 11.9 Å². The van der Waals surface area contributed by atoms with E-state index in [1.54, 1.807) is 0 Å². The Morgan fingerprint density at radius 1 is 0.850 bits per heavy atom. The summed E-state index contributed by atoms with van der Waals surface area (Å²) < 4.78 is 10.0. The summed E-state index contributed by atoms with van der Waals surface area (Å²) in [6, 6.07) is 0. The minimum absolute atomic E-state index is 0.0853. The maximum absolute atomic E-state index is 11.4. The van der Waals surface area contributed by atoms with Crippen LogP contribution in [0.25, 0.3) is 0 Å². The maximum Gasteiger partial charge on any atom is 0.317 e. The Bertz CT molecular complexity index is 279. The molecule has 0 spiro atoms. The van der Waals surface area contributed by atoms with Crippen molar-refractivity contribution in [3.63, 3.8) is 0 Å². The molecule has 118 valence electrons. The lowest BCUT2D eigenvalue weighted by atomic mass is 9.99. The Balaban J connectivity index is 3.51. The van der Waals surface area contributed by atoms with Gasteiger partial charge in [-0.05, 0) is 11.8 Å². The summed E-state index contributed by atoms with van der Waals surface area (Å²) in [5.41, 5.74) is -0.0853. The molecule has 0 rings (SSSR count). The summed E-state index contributed by atoms with van der Waals surface area (Å²) in [5, 5.41) is 0. The molecule has 0 unspecified atom stereocenters. The Labute approximate surface area is 123 Å². The average Bonchev–Trinajstić information content (AvgIpc) is 2.34. The van der Waals surface area contributed by atoms with Gasteiger partial charge in [0.1, 0.15) is 6.42 Å². The molecule has 0 aliphatic carbocycles. The van der Waals surface area contributed by atoms with Crippen LogP contribution in [0.4, 0.5) is 0 Å². The highest BCUT2D eigenvalue weighted by Crippen LogP contribution is 2.13. The number of carbonyl (C=O) groups excluding carboxylic acids is 2. The lowest BCUT2D eigenvalue weighted by Crippen LogP contribution is -2.21. The van der Waals surface area contributed by atoms with E-state index in [4.69, 9.17) is 9.47 Å². The van der Waals surface area contributed by atoms with Crippen LogP contribution < -0.4 is 0 Å². The van der Waals surface area contributed by atoms with Gasteiger partial charge in [0.05, 0.1) is 13.2 Å². The van der Waals surface area contributed by atoms with Crippen molar-refractivity contribution < 1.29 is 19.1 Å². The van der Waals surface area contributed by atoms with Crippen LogP contribution in [0.3, 0.4) is 0 Å². The molecule has 4 nitrogen and oxygen atoms in total. The first kappa shape index (κ1) is 18.9. The highest BCUT2D eigenvalue weighted by Gasteiger charge is 2.16. The molecule has 0 aliphatic rings. The van der Waals surface area contributed by atoms with Crippen LogP contribution in [-0.4, -0.2) is 25.2 Å². The Morgan fingerprint density at radius 2 is 1.40 bits per heavy atom. The van der Waals surface area contributed by atoms with Gasteiger partial charge in [-0.25, -0.2) is 0 Å². The third-order valence-electron chi connectivity index (χ3n) is 2.72. The Morgan fingerprint density at radius 3 is 2.00 bits per heavy atom. The number of hydrogen-bond donors (Lipinski definition) is 0. The molecule has 0 fully saturated rings. The number of hydrogen-bond acceptors (Lipinski definition) is 4. The number of rotatable bonds is 10. The standard InChI is InChI=1S/C16H30O4/c1-5-6-7-8-9-10-11-19-14(17)12-15(18)20-13-16(2,3)4/h5-13H2,1-4H3. The lowest BCUT2D eigenvalue weighted by Gasteiger charge is -2.17. The van der Waals surface area contributed by atoms with Crippen LogP contribution in [0, 0.1) is 5.41 Å². The summed E-state index contributed by atoms with van der Waals surface area (Å²) in [7, 11) is 0. The second kappa shape index (κ2) is 10.7. The molecular formula is C16H30O4. The fourth-order valence-corrected chi connectivity index (χ4v) is 1.59. The molecular weight excluding hydrogens is 256 g/mol. The molecule has 0 saturated carbocycles. The van der Waals surface area contributed by atoms with Gasteiger partial charge in [0.15, 0.2) is 0 Å². The van der Waals surface area contributed by atoms with E-state index in [1.165, 1.54) is 25.7 Å². The monoisotopic (exact) mass is 286 g/mol. The summed E-state index contributed by atoms with van der Waals surface area (Å²) in [6.45, 7) is 8.81. The molecule has 0 radical (unpaired) electrons. The highest BCUT2D eigenvalue weighted by molar-refractivity contribution is 5.91. The van der Waals surface area contributed by atoms with Gasteiger partial charge < -0.3 is 9.47 Å². The molecule has 0 saturated heterocycles. The number of carbonyl (C=O) groups is 2. The third-order valence-corrected chi connectivity index (χ3v) is 2.72. The van der Waals surface area contributed by atoms with Crippen molar-refractivity contribution in [3.05, 3.63) is 0 Å². The minimum atomic E-state index is -0.507. The zero-order chi connectivity index (χ0) is 15.4. The van der Waals surface area contributed by atoms with Crippen LogP contribution >= 0.6 is 0 Å². The van der Waals surface area contributed by atoms with E-state index in [0.717, 1.165) is 12.8 Å². The van der Waals surface area contributed by atoms with E-state index in [-0.39, 0.29) is 11.8 Å². The van der Waals surface area contributed by atoms with Crippen molar-refractivity contribution in [2.45, 2.75) is 72.6 Å². The molecule has 0 aromatic heterocycles. The van der Waals surface area contributed by atoms with Crippen LogP contribution in [0.5, 0.6) is 0 Å². The van der Waals surface area contributed by atoms with Crippen molar-refractivity contribution in [2.75, 3.05) is 13.2 Å². The van der Waals surface area contributed by atoms with Crippen LogP contribution in [-0.2, 0) is 19.1 Å². The van der Waals surface area contributed by atoms with Crippen LogP contribution in [0.1, 0.15) is 72.6 Å². The summed E-state index contributed by atoms with van der Waals surface area (Å²) in [4.78, 5) is 22.8. The molecule has 0 amide bonds. The van der Waals surface area contributed by atoms with Gasteiger partial charge in [-0.1, -0.05) is 59.8 Å². The molecule has 0 N–H and O–H groups in total. The van der Waals surface area contributed by atoms with Gasteiger partial charge in [0.25, 0.3) is 0 Å². The predicted molar refractivity (Wildman–Crippen MR) is 79.4 cm³/mol. The lowest BCUT2D eigenvalue weighted by molar-refractivity contribution is -0.156. The second-order valence-electron chi connectivity index (χ2n) is 6.39. The number of esters is 2. The van der Waals surface area contributed by atoms with Gasteiger partial charge in [0, 0.05) is 0 Å². The maximum atomic E-state index is 11.4. The summed E-state index contributed by atoms with van der Waals surface area (Å²) in [6.07, 6.45) is 6.56. The molecule has 0 bridgehead atoms.